The molecular weight excluding hydrogens is 402 g/mol. The fraction of sp³-hybridized carbons (Fsp3) is 0.273. The molecule has 3 rings (SSSR count). The third-order valence-corrected chi connectivity index (χ3v) is 5.09. The van der Waals surface area contributed by atoms with Crippen LogP contribution in [0.25, 0.3) is 5.76 Å². The molecule has 1 aliphatic heterocycles. The van der Waals surface area contributed by atoms with Gasteiger partial charge in [-0.05, 0) is 43.9 Å². The van der Waals surface area contributed by atoms with Gasteiger partial charge in [0.1, 0.15) is 11.5 Å². The van der Waals surface area contributed by atoms with Gasteiger partial charge in [0.25, 0.3) is 17.4 Å². The molecule has 2 aromatic carbocycles. The molecule has 9 heteroatoms. The van der Waals surface area contributed by atoms with Crippen molar-refractivity contribution in [2.24, 2.45) is 0 Å². The van der Waals surface area contributed by atoms with Crippen LogP contribution in [0, 0.1) is 10.1 Å². The lowest BCUT2D eigenvalue weighted by atomic mass is 9.95. The Morgan fingerprint density at radius 3 is 2.45 bits per heavy atom. The Morgan fingerprint density at radius 2 is 1.87 bits per heavy atom. The van der Waals surface area contributed by atoms with Gasteiger partial charge in [-0.25, -0.2) is 0 Å². The van der Waals surface area contributed by atoms with Crippen LogP contribution in [0.1, 0.15) is 17.2 Å². The van der Waals surface area contributed by atoms with E-state index in [2.05, 4.69) is 0 Å². The van der Waals surface area contributed by atoms with E-state index in [0.29, 0.717) is 23.4 Å². The number of benzene rings is 2. The Hall–Kier alpha value is -3.72. The Bertz CT molecular complexity index is 1050. The van der Waals surface area contributed by atoms with Crippen LogP contribution < -0.4 is 4.74 Å². The Balaban J connectivity index is 2.15. The maximum absolute atomic E-state index is 12.9. The second-order valence-electron chi connectivity index (χ2n) is 7.38. The molecule has 1 amide bonds. The molecule has 1 heterocycles. The molecule has 31 heavy (non-hydrogen) atoms. The van der Waals surface area contributed by atoms with Gasteiger partial charge in [0.2, 0.25) is 0 Å². The number of nitrogens with zero attached hydrogens (tertiary/aromatic N) is 3. The van der Waals surface area contributed by atoms with Gasteiger partial charge in [0, 0.05) is 30.8 Å². The number of ketones is 1. The number of hydrogen-bond acceptors (Lipinski definition) is 7. The number of amides is 1. The van der Waals surface area contributed by atoms with Crippen LogP contribution in [0.5, 0.6) is 5.75 Å². The zero-order chi connectivity index (χ0) is 22.7. The minimum absolute atomic E-state index is 0.0640. The predicted molar refractivity (Wildman–Crippen MR) is 114 cm³/mol. The summed E-state index contributed by atoms with van der Waals surface area (Å²) < 4.78 is 5.18. The lowest BCUT2D eigenvalue weighted by molar-refractivity contribution is -0.384. The summed E-state index contributed by atoms with van der Waals surface area (Å²) in [5.41, 5.74) is 0.650. The smallest absolute Gasteiger partial charge is 0.295 e. The van der Waals surface area contributed by atoms with Crippen LogP contribution >= 0.6 is 0 Å². The number of ether oxygens (including phenoxy) is 1. The van der Waals surface area contributed by atoms with Gasteiger partial charge in [-0.2, -0.15) is 0 Å². The van der Waals surface area contributed by atoms with Crippen molar-refractivity contribution in [2.45, 2.75) is 6.04 Å². The summed E-state index contributed by atoms with van der Waals surface area (Å²) >= 11 is 0. The highest BCUT2D eigenvalue weighted by Crippen LogP contribution is 2.40. The topological polar surface area (TPSA) is 113 Å². The monoisotopic (exact) mass is 425 g/mol. The fourth-order valence-corrected chi connectivity index (χ4v) is 3.47. The van der Waals surface area contributed by atoms with E-state index in [4.69, 9.17) is 4.74 Å². The first-order valence-corrected chi connectivity index (χ1v) is 9.56. The zero-order valence-electron chi connectivity index (χ0n) is 17.4. The summed E-state index contributed by atoms with van der Waals surface area (Å²) in [4.78, 5) is 39.5. The van der Waals surface area contributed by atoms with Crippen LogP contribution in [-0.2, 0) is 9.59 Å². The van der Waals surface area contributed by atoms with E-state index in [9.17, 15) is 24.8 Å². The molecule has 1 saturated heterocycles. The van der Waals surface area contributed by atoms with Crippen molar-refractivity contribution in [3.8, 4) is 5.75 Å². The molecule has 0 saturated carbocycles. The van der Waals surface area contributed by atoms with Crippen molar-refractivity contribution >= 4 is 23.1 Å². The Morgan fingerprint density at radius 1 is 1.19 bits per heavy atom. The molecule has 0 aliphatic carbocycles. The first kappa shape index (κ1) is 22.0. The number of likely N-dealkylation sites (N-methyl/N-ethyl adjacent to an activating group) is 1. The second kappa shape index (κ2) is 8.97. The van der Waals surface area contributed by atoms with E-state index in [1.54, 1.807) is 24.3 Å². The van der Waals surface area contributed by atoms with E-state index >= 15 is 0 Å². The largest absolute Gasteiger partial charge is 0.507 e. The molecule has 1 atom stereocenters. The van der Waals surface area contributed by atoms with Gasteiger partial charge in [-0.1, -0.05) is 12.1 Å². The first-order chi connectivity index (χ1) is 14.7. The third-order valence-electron chi connectivity index (χ3n) is 5.09. The van der Waals surface area contributed by atoms with Gasteiger partial charge < -0.3 is 19.6 Å². The molecule has 0 aromatic heterocycles. The lowest BCUT2D eigenvalue weighted by Crippen LogP contribution is -2.35. The van der Waals surface area contributed by atoms with E-state index in [1.165, 1.54) is 36.3 Å². The molecular formula is C22H23N3O6. The summed E-state index contributed by atoms with van der Waals surface area (Å²) in [5, 5.41) is 22.0. The van der Waals surface area contributed by atoms with Crippen LogP contribution in [0.3, 0.4) is 0 Å². The molecule has 0 unspecified atom stereocenters. The Labute approximate surface area is 179 Å². The molecule has 162 valence electrons. The highest BCUT2D eigenvalue weighted by Gasteiger charge is 2.46. The number of carbonyl (C=O) groups is 2. The summed E-state index contributed by atoms with van der Waals surface area (Å²) in [5.74, 6) is -1.37. The molecule has 1 N–H and O–H groups in total. The fourth-order valence-electron chi connectivity index (χ4n) is 3.47. The van der Waals surface area contributed by atoms with E-state index in [-0.39, 0.29) is 23.6 Å². The molecule has 9 nitrogen and oxygen atoms in total. The van der Waals surface area contributed by atoms with Gasteiger partial charge in [-0.3, -0.25) is 19.7 Å². The van der Waals surface area contributed by atoms with Crippen LogP contribution in [0.4, 0.5) is 5.69 Å². The van der Waals surface area contributed by atoms with Gasteiger partial charge in [-0.15, -0.1) is 0 Å². The van der Waals surface area contributed by atoms with E-state index in [1.807, 2.05) is 19.0 Å². The highest BCUT2D eigenvalue weighted by molar-refractivity contribution is 6.46. The van der Waals surface area contributed by atoms with Crippen LogP contribution in [0.15, 0.2) is 54.1 Å². The number of likely N-dealkylation sites (tertiary alicyclic amines) is 1. The standard InChI is InChI=1S/C22H23N3O6/c1-23(2)11-12-24-19(14-7-9-16(10-8-14)25(29)30)18(21(27)22(24)28)20(26)15-5-4-6-17(13-15)31-3/h4-10,13,19,26H,11-12H2,1-3H3/b20-18+/t19-/m1/s1. The lowest BCUT2D eigenvalue weighted by Gasteiger charge is -2.26. The van der Waals surface area contributed by atoms with E-state index < -0.39 is 22.7 Å². The molecule has 1 aliphatic rings. The number of aliphatic hydroxyl groups excluding tert-OH is 1. The highest BCUT2D eigenvalue weighted by atomic mass is 16.6. The van der Waals surface area contributed by atoms with Crippen molar-refractivity contribution in [3.05, 3.63) is 75.3 Å². The number of methoxy groups -OCH3 is 1. The second-order valence-corrected chi connectivity index (χ2v) is 7.38. The number of aliphatic hydroxyl groups is 1. The summed E-state index contributed by atoms with van der Waals surface area (Å²) in [7, 11) is 5.16. The number of hydrogen-bond donors (Lipinski definition) is 1. The minimum atomic E-state index is -0.869. The van der Waals surface area contributed by atoms with Gasteiger partial charge in [0.05, 0.1) is 23.6 Å². The van der Waals surface area contributed by atoms with Crippen molar-refractivity contribution in [1.82, 2.24) is 9.80 Å². The number of nitro benzene ring substituents is 1. The van der Waals surface area contributed by atoms with Crippen molar-refractivity contribution in [3.63, 3.8) is 0 Å². The average molecular weight is 425 g/mol. The molecule has 1 fully saturated rings. The van der Waals surface area contributed by atoms with Crippen molar-refractivity contribution < 1.29 is 24.4 Å². The number of Topliss-reactive ketones (excluding diaryl/α,β-unsaturated/α-hetero) is 1. The molecule has 0 radical (unpaired) electrons. The predicted octanol–water partition coefficient (Wildman–Crippen LogP) is 2.59. The van der Waals surface area contributed by atoms with Crippen LogP contribution in [0.2, 0.25) is 0 Å². The van der Waals surface area contributed by atoms with E-state index in [0.717, 1.165) is 0 Å². The van der Waals surface area contributed by atoms with Crippen LogP contribution in [-0.4, -0.2) is 65.8 Å². The maximum Gasteiger partial charge on any atom is 0.295 e. The first-order valence-electron chi connectivity index (χ1n) is 9.56. The summed E-state index contributed by atoms with van der Waals surface area (Å²) in [6, 6.07) is 11.3. The SMILES string of the molecule is COc1cccc(/C(O)=C2\C(=O)C(=O)N(CCN(C)C)[C@@H]2c2ccc([N+](=O)[O-])cc2)c1. The number of rotatable bonds is 7. The maximum atomic E-state index is 12.9. The molecule has 0 spiro atoms. The summed E-state index contributed by atoms with van der Waals surface area (Å²) in [6.07, 6.45) is 0. The minimum Gasteiger partial charge on any atom is -0.507 e. The molecule has 0 bridgehead atoms. The number of nitro groups is 1. The molecule has 2 aromatic rings. The normalized spacial score (nSPS) is 17.9. The van der Waals surface area contributed by atoms with Gasteiger partial charge >= 0.3 is 0 Å². The Kier molecular flexibility index (Phi) is 6.36. The quantitative estimate of drug-likeness (QED) is 0.238. The average Bonchev–Trinajstić information content (AvgIpc) is 3.01. The van der Waals surface area contributed by atoms with Crippen molar-refractivity contribution in [2.75, 3.05) is 34.3 Å². The number of carbonyl (C=O) groups excluding carboxylic acids is 2. The summed E-state index contributed by atoms with van der Waals surface area (Å²) in [6.45, 7) is 0.740. The number of non-ortho nitro benzene ring substituents is 1. The van der Waals surface area contributed by atoms with Crippen molar-refractivity contribution in [1.29, 1.82) is 0 Å². The third kappa shape index (κ3) is 4.41. The zero-order valence-corrected chi connectivity index (χ0v) is 17.4. The van der Waals surface area contributed by atoms with Gasteiger partial charge in [0.15, 0.2) is 0 Å².